The van der Waals surface area contributed by atoms with E-state index in [-0.39, 0.29) is 24.7 Å². The molecule has 2 N–H and O–H groups in total. The van der Waals surface area contributed by atoms with Crippen molar-refractivity contribution >= 4 is 34.5 Å². The maximum absolute atomic E-state index is 11.9. The van der Waals surface area contributed by atoms with Crippen molar-refractivity contribution in [2.75, 3.05) is 13.1 Å². The van der Waals surface area contributed by atoms with Crippen LogP contribution in [0.4, 0.5) is 0 Å². The molecule has 0 aliphatic carbocycles. The molecule has 0 bridgehead atoms. The third-order valence-electron chi connectivity index (χ3n) is 2.71. The first kappa shape index (κ1) is 12.2. The second kappa shape index (κ2) is 4.52. The fraction of sp³-hybridized carbons (Fsp3) is 0.273. The summed E-state index contributed by atoms with van der Waals surface area (Å²) in [5, 5.41) is 18.2. The molecule has 90 valence electrons. The van der Waals surface area contributed by atoms with Gasteiger partial charge >= 0.3 is 5.97 Å². The lowest BCUT2D eigenvalue weighted by atomic mass is 9.99. The first-order chi connectivity index (χ1) is 7.99. The standard InChI is InChI=1S/C11H10INO4/c12-8-2-1-6(3-9(8)14)10(15)13-4-7(5-13)11(16)17/h1-3,7,14H,4-5H2,(H,16,17). The van der Waals surface area contributed by atoms with Gasteiger partial charge in [-0.1, -0.05) is 0 Å². The predicted molar refractivity (Wildman–Crippen MR) is 67.9 cm³/mol. The highest BCUT2D eigenvalue weighted by atomic mass is 127. The minimum Gasteiger partial charge on any atom is -0.507 e. The van der Waals surface area contributed by atoms with Gasteiger partial charge in [0.15, 0.2) is 0 Å². The van der Waals surface area contributed by atoms with Gasteiger partial charge in [-0.3, -0.25) is 9.59 Å². The van der Waals surface area contributed by atoms with Gasteiger partial charge in [0.1, 0.15) is 5.75 Å². The SMILES string of the molecule is O=C(O)C1CN(C(=O)c2ccc(I)c(O)c2)C1. The fourth-order valence-corrected chi connectivity index (χ4v) is 1.96. The number of amides is 1. The van der Waals surface area contributed by atoms with Crippen LogP contribution in [0.25, 0.3) is 0 Å². The maximum atomic E-state index is 11.9. The van der Waals surface area contributed by atoms with E-state index in [0.717, 1.165) is 0 Å². The van der Waals surface area contributed by atoms with Crippen LogP contribution in [-0.4, -0.2) is 40.1 Å². The number of carbonyl (C=O) groups is 2. The van der Waals surface area contributed by atoms with E-state index in [1.165, 1.54) is 11.0 Å². The topological polar surface area (TPSA) is 77.8 Å². The van der Waals surface area contributed by atoms with E-state index in [9.17, 15) is 14.7 Å². The lowest BCUT2D eigenvalue weighted by Crippen LogP contribution is -2.53. The van der Waals surface area contributed by atoms with Gasteiger partial charge in [0.25, 0.3) is 5.91 Å². The van der Waals surface area contributed by atoms with E-state index in [0.29, 0.717) is 9.13 Å². The van der Waals surface area contributed by atoms with Gasteiger partial charge in [0.05, 0.1) is 9.49 Å². The number of carboxylic acid groups (broad SMARTS) is 1. The number of halogens is 1. The van der Waals surface area contributed by atoms with Gasteiger partial charge in [-0.15, -0.1) is 0 Å². The minimum atomic E-state index is -0.875. The molecule has 0 saturated carbocycles. The normalized spacial score (nSPS) is 15.5. The van der Waals surface area contributed by atoms with Crippen molar-refractivity contribution in [3.63, 3.8) is 0 Å². The number of carboxylic acids is 1. The van der Waals surface area contributed by atoms with E-state index < -0.39 is 11.9 Å². The average molecular weight is 347 g/mol. The summed E-state index contributed by atoms with van der Waals surface area (Å²) in [5.74, 6) is -1.52. The first-order valence-electron chi connectivity index (χ1n) is 4.99. The molecule has 1 saturated heterocycles. The maximum Gasteiger partial charge on any atom is 0.310 e. The van der Waals surface area contributed by atoms with Crippen LogP contribution in [0.15, 0.2) is 18.2 Å². The molecular formula is C11H10INO4. The molecular weight excluding hydrogens is 337 g/mol. The highest BCUT2D eigenvalue weighted by Crippen LogP contribution is 2.24. The molecule has 0 aromatic heterocycles. The second-order valence-electron chi connectivity index (χ2n) is 3.91. The summed E-state index contributed by atoms with van der Waals surface area (Å²) in [4.78, 5) is 23.9. The van der Waals surface area contributed by atoms with Gasteiger partial charge < -0.3 is 15.1 Å². The Bertz CT molecular complexity index is 482. The molecule has 17 heavy (non-hydrogen) atoms. The monoisotopic (exact) mass is 347 g/mol. The van der Waals surface area contributed by atoms with Crippen molar-refractivity contribution < 1.29 is 19.8 Å². The van der Waals surface area contributed by atoms with Crippen molar-refractivity contribution in [3.05, 3.63) is 27.3 Å². The van der Waals surface area contributed by atoms with E-state index in [1.807, 2.05) is 22.6 Å². The lowest BCUT2D eigenvalue weighted by Gasteiger charge is -2.36. The highest BCUT2D eigenvalue weighted by molar-refractivity contribution is 14.1. The zero-order valence-corrected chi connectivity index (χ0v) is 10.9. The van der Waals surface area contributed by atoms with Gasteiger partial charge in [0, 0.05) is 18.7 Å². The number of hydrogen-bond acceptors (Lipinski definition) is 3. The van der Waals surface area contributed by atoms with E-state index in [1.54, 1.807) is 12.1 Å². The smallest absolute Gasteiger partial charge is 0.310 e. The number of benzene rings is 1. The van der Waals surface area contributed by atoms with Gasteiger partial charge in [0.2, 0.25) is 0 Å². The van der Waals surface area contributed by atoms with Crippen LogP contribution in [0.2, 0.25) is 0 Å². The molecule has 0 atom stereocenters. The van der Waals surface area contributed by atoms with Crippen LogP contribution in [0.1, 0.15) is 10.4 Å². The molecule has 0 radical (unpaired) electrons. The quantitative estimate of drug-likeness (QED) is 0.787. The van der Waals surface area contributed by atoms with Crippen molar-refractivity contribution in [1.82, 2.24) is 4.90 Å². The predicted octanol–water partition coefficient (Wildman–Crippen LogP) is 1.15. The molecule has 0 spiro atoms. The number of nitrogens with zero attached hydrogens (tertiary/aromatic N) is 1. The summed E-state index contributed by atoms with van der Waals surface area (Å²) < 4.78 is 0.672. The molecule has 1 fully saturated rings. The molecule has 6 heteroatoms. The Morgan fingerprint density at radius 2 is 2.00 bits per heavy atom. The van der Waals surface area contributed by atoms with Gasteiger partial charge in [-0.25, -0.2) is 0 Å². The average Bonchev–Trinajstić information content (AvgIpc) is 2.19. The number of rotatable bonds is 2. The minimum absolute atomic E-state index is 0.0618. The summed E-state index contributed by atoms with van der Waals surface area (Å²) in [6.45, 7) is 0.474. The molecule has 5 nitrogen and oxygen atoms in total. The third-order valence-corrected chi connectivity index (χ3v) is 3.62. The molecule has 1 heterocycles. The lowest BCUT2D eigenvalue weighted by molar-refractivity contribution is -0.146. The van der Waals surface area contributed by atoms with Crippen molar-refractivity contribution in [1.29, 1.82) is 0 Å². The van der Waals surface area contributed by atoms with E-state index in [2.05, 4.69) is 0 Å². The summed E-state index contributed by atoms with van der Waals surface area (Å²) >= 11 is 1.96. The fourth-order valence-electron chi connectivity index (χ4n) is 1.63. The summed E-state index contributed by atoms with van der Waals surface area (Å²) in [5.41, 5.74) is 0.381. The highest BCUT2D eigenvalue weighted by Gasteiger charge is 2.35. The van der Waals surface area contributed by atoms with Crippen LogP contribution >= 0.6 is 22.6 Å². The summed E-state index contributed by atoms with van der Waals surface area (Å²) in [6, 6.07) is 4.67. The summed E-state index contributed by atoms with van der Waals surface area (Å²) in [7, 11) is 0. The number of hydrogen-bond donors (Lipinski definition) is 2. The number of likely N-dealkylation sites (tertiary alicyclic amines) is 1. The molecule has 1 aliphatic heterocycles. The Balaban J connectivity index is 2.06. The zero-order valence-electron chi connectivity index (χ0n) is 8.76. The van der Waals surface area contributed by atoms with Gasteiger partial charge in [-0.2, -0.15) is 0 Å². The van der Waals surface area contributed by atoms with Gasteiger partial charge in [-0.05, 0) is 40.8 Å². The van der Waals surface area contributed by atoms with Crippen molar-refractivity contribution in [2.45, 2.75) is 0 Å². The number of carbonyl (C=O) groups excluding carboxylic acids is 1. The number of aromatic hydroxyl groups is 1. The Morgan fingerprint density at radius 3 is 2.53 bits per heavy atom. The Labute approximate surface area is 111 Å². The number of phenols is 1. The Hall–Kier alpha value is -1.31. The van der Waals surface area contributed by atoms with Crippen LogP contribution in [-0.2, 0) is 4.79 Å². The second-order valence-corrected chi connectivity index (χ2v) is 5.07. The molecule has 1 aromatic rings. The van der Waals surface area contributed by atoms with Crippen LogP contribution < -0.4 is 0 Å². The Kier molecular flexibility index (Phi) is 3.23. The molecule has 0 unspecified atom stereocenters. The van der Waals surface area contributed by atoms with Crippen LogP contribution in [0, 0.1) is 9.49 Å². The van der Waals surface area contributed by atoms with E-state index in [4.69, 9.17) is 5.11 Å². The van der Waals surface area contributed by atoms with Crippen LogP contribution in [0.3, 0.4) is 0 Å². The largest absolute Gasteiger partial charge is 0.507 e. The first-order valence-corrected chi connectivity index (χ1v) is 6.07. The third kappa shape index (κ3) is 2.36. The van der Waals surface area contributed by atoms with Crippen molar-refractivity contribution in [2.24, 2.45) is 5.92 Å². The summed E-state index contributed by atoms with van der Waals surface area (Å²) in [6.07, 6.45) is 0. The molecule has 1 amide bonds. The Morgan fingerprint density at radius 1 is 1.35 bits per heavy atom. The van der Waals surface area contributed by atoms with Crippen molar-refractivity contribution in [3.8, 4) is 5.75 Å². The number of phenolic OH excluding ortho intramolecular Hbond substituents is 1. The number of aliphatic carboxylic acids is 1. The molecule has 1 aliphatic rings. The molecule has 1 aromatic carbocycles. The van der Waals surface area contributed by atoms with Crippen LogP contribution in [0.5, 0.6) is 5.75 Å². The zero-order chi connectivity index (χ0) is 12.6. The van der Waals surface area contributed by atoms with E-state index >= 15 is 0 Å². The molecule has 2 rings (SSSR count).